The monoisotopic (exact) mass is 465 g/mol. The van der Waals surface area contributed by atoms with E-state index in [9.17, 15) is 0 Å². The van der Waals surface area contributed by atoms with Gasteiger partial charge in [-0.05, 0) is 31.5 Å². The van der Waals surface area contributed by atoms with Crippen LogP contribution in [0.25, 0.3) is 11.4 Å². The smallest absolute Gasteiger partial charge is 0.243 e. The fraction of sp³-hybridized carbons (Fsp3) is 0.421. The Morgan fingerprint density at radius 3 is 2.61 bits per heavy atom. The van der Waals surface area contributed by atoms with Crippen molar-refractivity contribution in [3.8, 4) is 17.3 Å². The maximum absolute atomic E-state index is 5.73. The number of hydrogen-bond donors (Lipinski definition) is 0. The highest BCUT2D eigenvalue weighted by Gasteiger charge is 2.21. The standard InChI is InChI=1S/C19H24BrN5O2S/c1-4-24-12-16(18(23-24)27-5-2)17-21-22-19(25(17)10-11-26-3)28-13-14-6-8-15(20)9-7-14/h6-9,12H,4-5,10-11,13H2,1-3H3. The van der Waals surface area contributed by atoms with Gasteiger partial charge in [-0.25, -0.2) is 0 Å². The van der Waals surface area contributed by atoms with E-state index in [1.54, 1.807) is 18.9 Å². The SMILES string of the molecule is CCOc1nn(CC)cc1-c1nnc(SCc2ccc(Br)cc2)n1CCOC. The van der Waals surface area contributed by atoms with Gasteiger partial charge in [0.25, 0.3) is 0 Å². The summed E-state index contributed by atoms with van der Waals surface area (Å²) in [6, 6.07) is 8.30. The summed E-state index contributed by atoms with van der Waals surface area (Å²) in [5.74, 6) is 2.14. The van der Waals surface area contributed by atoms with Crippen molar-refractivity contribution in [2.24, 2.45) is 0 Å². The van der Waals surface area contributed by atoms with Crippen LogP contribution < -0.4 is 4.74 Å². The number of methoxy groups -OCH3 is 1. The van der Waals surface area contributed by atoms with Crippen LogP contribution in [-0.4, -0.2) is 44.9 Å². The molecular formula is C19H24BrN5O2S. The lowest BCUT2D eigenvalue weighted by molar-refractivity contribution is 0.185. The summed E-state index contributed by atoms with van der Waals surface area (Å²) in [6.07, 6.45) is 1.96. The van der Waals surface area contributed by atoms with E-state index in [1.807, 2.05) is 36.9 Å². The van der Waals surface area contributed by atoms with Gasteiger partial charge in [-0.1, -0.05) is 39.8 Å². The Balaban J connectivity index is 1.89. The summed E-state index contributed by atoms with van der Waals surface area (Å²) in [4.78, 5) is 0. The molecule has 0 amide bonds. The second-order valence-electron chi connectivity index (χ2n) is 6.00. The molecule has 3 aromatic rings. The van der Waals surface area contributed by atoms with E-state index in [0.29, 0.717) is 25.6 Å². The van der Waals surface area contributed by atoms with Crippen LogP contribution in [0.5, 0.6) is 5.88 Å². The van der Waals surface area contributed by atoms with Crippen LogP contribution in [0, 0.1) is 0 Å². The molecule has 28 heavy (non-hydrogen) atoms. The van der Waals surface area contributed by atoms with E-state index in [2.05, 4.69) is 47.9 Å². The zero-order valence-electron chi connectivity index (χ0n) is 16.3. The summed E-state index contributed by atoms with van der Waals surface area (Å²) in [6.45, 7) is 6.53. The second-order valence-corrected chi connectivity index (χ2v) is 7.86. The maximum atomic E-state index is 5.73. The zero-order valence-corrected chi connectivity index (χ0v) is 18.7. The average Bonchev–Trinajstić information content (AvgIpc) is 3.29. The van der Waals surface area contributed by atoms with Crippen molar-refractivity contribution < 1.29 is 9.47 Å². The van der Waals surface area contributed by atoms with Crippen molar-refractivity contribution in [2.75, 3.05) is 20.3 Å². The molecule has 0 spiro atoms. The molecular weight excluding hydrogens is 442 g/mol. The van der Waals surface area contributed by atoms with Crippen LogP contribution in [-0.2, 0) is 23.6 Å². The largest absolute Gasteiger partial charge is 0.476 e. The summed E-state index contributed by atoms with van der Waals surface area (Å²) < 4.78 is 16.0. The number of ether oxygens (including phenoxy) is 2. The van der Waals surface area contributed by atoms with Gasteiger partial charge in [-0.15, -0.1) is 15.3 Å². The number of benzene rings is 1. The van der Waals surface area contributed by atoms with Crippen LogP contribution in [0.4, 0.5) is 0 Å². The topological polar surface area (TPSA) is 67.0 Å². The minimum atomic E-state index is 0.547. The van der Waals surface area contributed by atoms with Crippen molar-refractivity contribution >= 4 is 27.7 Å². The molecule has 9 heteroatoms. The van der Waals surface area contributed by atoms with Gasteiger partial charge in [-0.3, -0.25) is 9.25 Å². The number of nitrogens with zero attached hydrogens (tertiary/aromatic N) is 5. The molecule has 0 saturated heterocycles. The van der Waals surface area contributed by atoms with Crippen LogP contribution in [0.1, 0.15) is 19.4 Å². The lowest BCUT2D eigenvalue weighted by Crippen LogP contribution is -2.08. The molecule has 0 unspecified atom stereocenters. The predicted octanol–water partition coefficient (Wildman–Crippen LogP) is 4.26. The molecule has 0 radical (unpaired) electrons. The van der Waals surface area contributed by atoms with E-state index in [0.717, 1.165) is 33.3 Å². The number of rotatable bonds is 10. The van der Waals surface area contributed by atoms with E-state index >= 15 is 0 Å². The number of halogens is 1. The molecule has 2 aromatic heterocycles. The molecule has 0 aliphatic heterocycles. The van der Waals surface area contributed by atoms with Crippen LogP contribution in [0.15, 0.2) is 40.1 Å². The van der Waals surface area contributed by atoms with Crippen molar-refractivity contribution in [3.63, 3.8) is 0 Å². The minimum absolute atomic E-state index is 0.547. The maximum Gasteiger partial charge on any atom is 0.243 e. The van der Waals surface area contributed by atoms with Gasteiger partial charge in [0.15, 0.2) is 11.0 Å². The van der Waals surface area contributed by atoms with Crippen LogP contribution in [0.3, 0.4) is 0 Å². The molecule has 0 N–H and O–H groups in total. The van der Waals surface area contributed by atoms with Crippen molar-refractivity contribution in [1.82, 2.24) is 24.5 Å². The number of aryl methyl sites for hydroxylation is 1. The Labute approximate surface area is 177 Å². The summed E-state index contributed by atoms with van der Waals surface area (Å²) >= 11 is 5.13. The Morgan fingerprint density at radius 2 is 1.93 bits per heavy atom. The van der Waals surface area contributed by atoms with E-state index < -0.39 is 0 Å². The number of aromatic nitrogens is 5. The predicted molar refractivity (Wildman–Crippen MR) is 114 cm³/mol. The summed E-state index contributed by atoms with van der Waals surface area (Å²) in [5, 5.41) is 14.2. The molecule has 7 nitrogen and oxygen atoms in total. The minimum Gasteiger partial charge on any atom is -0.476 e. The Bertz CT molecular complexity index is 894. The van der Waals surface area contributed by atoms with E-state index in [-0.39, 0.29) is 0 Å². The normalized spacial score (nSPS) is 11.1. The van der Waals surface area contributed by atoms with Gasteiger partial charge in [0.05, 0.1) is 19.8 Å². The molecule has 0 saturated carbocycles. The molecule has 0 fully saturated rings. The highest BCUT2D eigenvalue weighted by atomic mass is 79.9. The fourth-order valence-corrected chi connectivity index (χ4v) is 3.85. The Morgan fingerprint density at radius 1 is 1.14 bits per heavy atom. The van der Waals surface area contributed by atoms with E-state index in [1.165, 1.54) is 5.56 Å². The molecule has 1 aromatic carbocycles. The number of thioether (sulfide) groups is 1. The lowest BCUT2D eigenvalue weighted by Gasteiger charge is -2.10. The average molecular weight is 466 g/mol. The lowest BCUT2D eigenvalue weighted by atomic mass is 10.2. The Kier molecular flexibility index (Phi) is 7.52. The summed E-state index contributed by atoms with van der Waals surface area (Å²) in [7, 11) is 1.69. The van der Waals surface area contributed by atoms with Gasteiger partial charge < -0.3 is 9.47 Å². The quantitative estimate of drug-likeness (QED) is 0.416. The van der Waals surface area contributed by atoms with Crippen molar-refractivity contribution in [2.45, 2.75) is 37.8 Å². The van der Waals surface area contributed by atoms with Gasteiger partial charge in [0.1, 0.15) is 5.56 Å². The van der Waals surface area contributed by atoms with Crippen LogP contribution in [0.2, 0.25) is 0 Å². The first-order valence-corrected chi connectivity index (χ1v) is 10.9. The highest BCUT2D eigenvalue weighted by Crippen LogP contribution is 2.31. The third kappa shape index (κ3) is 4.95. The van der Waals surface area contributed by atoms with Crippen LogP contribution >= 0.6 is 27.7 Å². The second kappa shape index (κ2) is 10.1. The van der Waals surface area contributed by atoms with Gasteiger partial charge in [0.2, 0.25) is 5.88 Å². The van der Waals surface area contributed by atoms with Crippen molar-refractivity contribution in [3.05, 3.63) is 40.5 Å². The Hall–Kier alpha value is -1.84. The van der Waals surface area contributed by atoms with Gasteiger partial charge in [-0.2, -0.15) is 0 Å². The van der Waals surface area contributed by atoms with Gasteiger partial charge in [0, 0.05) is 30.1 Å². The molecule has 0 aliphatic carbocycles. The molecule has 0 atom stereocenters. The third-order valence-corrected chi connectivity index (χ3v) is 5.66. The third-order valence-electron chi connectivity index (χ3n) is 4.09. The molecule has 3 rings (SSSR count). The number of hydrogen-bond acceptors (Lipinski definition) is 6. The molecule has 150 valence electrons. The first-order chi connectivity index (χ1) is 13.7. The van der Waals surface area contributed by atoms with E-state index in [4.69, 9.17) is 9.47 Å². The molecule has 2 heterocycles. The van der Waals surface area contributed by atoms with Gasteiger partial charge >= 0.3 is 0 Å². The first-order valence-electron chi connectivity index (χ1n) is 9.16. The fourth-order valence-electron chi connectivity index (χ4n) is 2.67. The van der Waals surface area contributed by atoms with Crippen molar-refractivity contribution in [1.29, 1.82) is 0 Å². The zero-order chi connectivity index (χ0) is 19.9. The molecule has 0 bridgehead atoms. The summed E-state index contributed by atoms with van der Waals surface area (Å²) in [5.41, 5.74) is 2.08. The molecule has 0 aliphatic rings. The highest BCUT2D eigenvalue weighted by molar-refractivity contribution is 9.10. The first kappa shape index (κ1) is 20.9.